The van der Waals surface area contributed by atoms with E-state index in [1.807, 2.05) is 27.2 Å². The molecule has 4 nitrogen and oxygen atoms in total. The van der Waals surface area contributed by atoms with Gasteiger partial charge in [0.1, 0.15) is 10.3 Å². The quantitative estimate of drug-likeness (QED) is 0.712. The fraction of sp³-hybridized carbons (Fsp3) is 0.375. The molecule has 0 bridgehead atoms. The first-order valence-corrected chi connectivity index (χ1v) is 4.76. The molecule has 0 spiro atoms. The molecule has 5 heteroatoms. The summed E-state index contributed by atoms with van der Waals surface area (Å²) in [5.74, 6) is 0.821. The molecule has 0 aliphatic carbocycles. The van der Waals surface area contributed by atoms with Crippen LogP contribution in [0.5, 0.6) is 0 Å². The lowest BCUT2D eigenvalue weighted by atomic mass is 10.3. The first-order chi connectivity index (χ1) is 6.22. The van der Waals surface area contributed by atoms with Crippen molar-refractivity contribution < 1.29 is 0 Å². The molecule has 0 unspecified atom stereocenters. The Hall–Kier alpha value is -0.970. The number of halogens is 1. The molecule has 0 saturated carbocycles. The standard InChI is InChI=1S/C8H13BrN4/c1-10-5-4-6(9)13-8(12-3)7(5)11-2/h4,11H,1-3H3,(H2,10,12,13). The molecule has 13 heavy (non-hydrogen) atoms. The molecule has 0 saturated heterocycles. The van der Waals surface area contributed by atoms with Gasteiger partial charge in [0.15, 0.2) is 5.82 Å². The van der Waals surface area contributed by atoms with Crippen molar-refractivity contribution in [1.82, 2.24) is 4.98 Å². The van der Waals surface area contributed by atoms with E-state index in [4.69, 9.17) is 0 Å². The Morgan fingerprint density at radius 1 is 1.15 bits per heavy atom. The number of nitrogens with one attached hydrogen (secondary N) is 3. The number of hydrogen-bond donors (Lipinski definition) is 3. The number of anilines is 3. The highest BCUT2D eigenvalue weighted by atomic mass is 79.9. The summed E-state index contributed by atoms with van der Waals surface area (Å²) < 4.78 is 0.806. The lowest BCUT2D eigenvalue weighted by molar-refractivity contribution is 1.23. The van der Waals surface area contributed by atoms with Gasteiger partial charge >= 0.3 is 0 Å². The maximum absolute atomic E-state index is 4.27. The van der Waals surface area contributed by atoms with Gasteiger partial charge < -0.3 is 16.0 Å². The van der Waals surface area contributed by atoms with E-state index >= 15 is 0 Å². The van der Waals surface area contributed by atoms with Crippen LogP contribution in [0.15, 0.2) is 10.7 Å². The van der Waals surface area contributed by atoms with Crippen LogP contribution >= 0.6 is 15.9 Å². The normalized spacial score (nSPS) is 9.54. The van der Waals surface area contributed by atoms with Gasteiger partial charge in [-0.05, 0) is 22.0 Å². The third kappa shape index (κ3) is 2.03. The van der Waals surface area contributed by atoms with E-state index in [0.717, 1.165) is 21.8 Å². The predicted octanol–water partition coefficient (Wildman–Crippen LogP) is 1.97. The van der Waals surface area contributed by atoms with Gasteiger partial charge in [0, 0.05) is 21.1 Å². The molecule has 1 aromatic rings. The fourth-order valence-corrected chi connectivity index (χ4v) is 1.55. The largest absolute Gasteiger partial charge is 0.386 e. The topological polar surface area (TPSA) is 49.0 Å². The van der Waals surface area contributed by atoms with Crippen LogP contribution in [-0.2, 0) is 0 Å². The van der Waals surface area contributed by atoms with Gasteiger partial charge in [0.2, 0.25) is 0 Å². The van der Waals surface area contributed by atoms with Crippen LogP contribution in [0.1, 0.15) is 0 Å². The molecule has 0 aliphatic rings. The lowest BCUT2D eigenvalue weighted by Crippen LogP contribution is -2.03. The average Bonchev–Trinajstić information content (AvgIpc) is 2.16. The Kier molecular flexibility index (Phi) is 3.36. The van der Waals surface area contributed by atoms with E-state index in [1.165, 1.54) is 0 Å². The summed E-state index contributed by atoms with van der Waals surface area (Å²) in [5, 5.41) is 9.19. The van der Waals surface area contributed by atoms with Crippen LogP contribution in [-0.4, -0.2) is 26.1 Å². The van der Waals surface area contributed by atoms with Crippen molar-refractivity contribution in [3.63, 3.8) is 0 Å². The molecule has 3 N–H and O–H groups in total. The molecule has 1 aromatic heterocycles. The molecule has 0 amide bonds. The monoisotopic (exact) mass is 244 g/mol. The third-order valence-corrected chi connectivity index (χ3v) is 2.15. The minimum Gasteiger partial charge on any atom is -0.386 e. The molecule has 0 aromatic carbocycles. The number of nitrogens with zero attached hydrogens (tertiary/aromatic N) is 1. The molecular formula is C8H13BrN4. The Labute approximate surface area is 86.3 Å². The minimum atomic E-state index is 0.806. The van der Waals surface area contributed by atoms with Crippen molar-refractivity contribution >= 4 is 33.1 Å². The SMILES string of the molecule is CNc1cc(Br)nc(NC)c1NC. The number of aromatic nitrogens is 1. The molecule has 0 atom stereocenters. The molecule has 0 aliphatic heterocycles. The van der Waals surface area contributed by atoms with E-state index in [2.05, 4.69) is 36.9 Å². The van der Waals surface area contributed by atoms with Crippen LogP contribution in [0.3, 0.4) is 0 Å². The van der Waals surface area contributed by atoms with Gasteiger partial charge in [-0.2, -0.15) is 0 Å². The Morgan fingerprint density at radius 2 is 1.85 bits per heavy atom. The molecule has 0 radical (unpaired) electrons. The zero-order chi connectivity index (χ0) is 9.84. The van der Waals surface area contributed by atoms with Gasteiger partial charge in [0.05, 0.1) is 5.69 Å². The van der Waals surface area contributed by atoms with Crippen LogP contribution in [0, 0.1) is 0 Å². The van der Waals surface area contributed by atoms with E-state index in [9.17, 15) is 0 Å². The van der Waals surface area contributed by atoms with Gasteiger partial charge in [0.25, 0.3) is 0 Å². The Balaban J connectivity index is 3.25. The van der Waals surface area contributed by atoms with Crippen LogP contribution in [0.25, 0.3) is 0 Å². The van der Waals surface area contributed by atoms with Gasteiger partial charge in [-0.15, -0.1) is 0 Å². The smallest absolute Gasteiger partial charge is 0.152 e. The number of hydrogen-bond acceptors (Lipinski definition) is 4. The highest BCUT2D eigenvalue weighted by molar-refractivity contribution is 9.10. The van der Waals surface area contributed by atoms with Crippen LogP contribution in [0.2, 0.25) is 0 Å². The second-order valence-corrected chi connectivity index (χ2v) is 3.28. The highest BCUT2D eigenvalue weighted by Gasteiger charge is 2.07. The molecule has 72 valence electrons. The zero-order valence-corrected chi connectivity index (χ0v) is 9.49. The van der Waals surface area contributed by atoms with Crippen molar-refractivity contribution in [2.75, 3.05) is 37.1 Å². The number of rotatable bonds is 3. The van der Waals surface area contributed by atoms with Gasteiger partial charge in [-0.1, -0.05) is 0 Å². The van der Waals surface area contributed by atoms with Crippen molar-refractivity contribution in [2.45, 2.75) is 0 Å². The molecule has 1 rings (SSSR count). The van der Waals surface area contributed by atoms with Crippen LogP contribution < -0.4 is 16.0 Å². The second-order valence-electron chi connectivity index (χ2n) is 2.47. The third-order valence-electron chi connectivity index (χ3n) is 1.74. The molecular weight excluding hydrogens is 232 g/mol. The Morgan fingerprint density at radius 3 is 2.31 bits per heavy atom. The highest BCUT2D eigenvalue weighted by Crippen LogP contribution is 2.30. The molecule has 1 heterocycles. The maximum atomic E-state index is 4.27. The number of pyridine rings is 1. The second kappa shape index (κ2) is 4.32. The summed E-state index contributed by atoms with van der Waals surface area (Å²) in [4.78, 5) is 4.27. The minimum absolute atomic E-state index is 0.806. The summed E-state index contributed by atoms with van der Waals surface area (Å²) in [5.41, 5.74) is 1.97. The summed E-state index contributed by atoms with van der Waals surface area (Å²) >= 11 is 3.34. The van der Waals surface area contributed by atoms with Gasteiger partial charge in [-0.25, -0.2) is 4.98 Å². The predicted molar refractivity (Wildman–Crippen MR) is 60.6 cm³/mol. The summed E-state index contributed by atoms with van der Waals surface area (Å²) in [6.45, 7) is 0. The van der Waals surface area contributed by atoms with Crippen LogP contribution in [0.4, 0.5) is 17.2 Å². The molecule has 0 fully saturated rings. The zero-order valence-electron chi connectivity index (χ0n) is 7.90. The van der Waals surface area contributed by atoms with Gasteiger partial charge in [-0.3, -0.25) is 0 Å². The van der Waals surface area contributed by atoms with Crippen molar-refractivity contribution in [1.29, 1.82) is 0 Å². The van der Waals surface area contributed by atoms with E-state index in [0.29, 0.717) is 0 Å². The van der Waals surface area contributed by atoms with E-state index in [1.54, 1.807) is 0 Å². The van der Waals surface area contributed by atoms with E-state index in [-0.39, 0.29) is 0 Å². The van der Waals surface area contributed by atoms with Crippen molar-refractivity contribution in [3.05, 3.63) is 10.7 Å². The summed E-state index contributed by atoms with van der Waals surface area (Å²) in [7, 11) is 5.59. The maximum Gasteiger partial charge on any atom is 0.152 e. The lowest BCUT2D eigenvalue weighted by Gasteiger charge is -2.13. The first kappa shape index (κ1) is 10.1. The van der Waals surface area contributed by atoms with Crippen molar-refractivity contribution in [3.8, 4) is 0 Å². The Bertz CT molecular complexity index is 275. The summed E-state index contributed by atoms with van der Waals surface area (Å²) in [6.07, 6.45) is 0. The first-order valence-electron chi connectivity index (χ1n) is 3.96. The average molecular weight is 245 g/mol. The van der Waals surface area contributed by atoms with Crippen molar-refractivity contribution in [2.24, 2.45) is 0 Å². The summed E-state index contributed by atoms with van der Waals surface area (Å²) in [6, 6.07) is 1.92. The van der Waals surface area contributed by atoms with E-state index < -0.39 is 0 Å². The fourth-order valence-electron chi connectivity index (χ4n) is 1.14.